The molecule has 2 rings (SSSR count). The molecular weight excluding hydrogens is 281 g/mol. The number of rotatable bonds is 5. The lowest BCUT2D eigenvalue weighted by molar-refractivity contribution is 0.305. The highest BCUT2D eigenvalue weighted by molar-refractivity contribution is 7.92. The van der Waals surface area contributed by atoms with Crippen LogP contribution in [0, 0.1) is 23.6 Å². The number of sulfonamides is 1. The molecule has 0 saturated heterocycles. The van der Waals surface area contributed by atoms with Gasteiger partial charge in [0.25, 0.3) is 0 Å². The Hall–Kier alpha value is -1.58. The Morgan fingerprint density at radius 1 is 1.40 bits per heavy atom. The van der Waals surface area contributed by atoms with E-state index < -0.39 is 15.8 Å². The first-order valence-corrected chi connectivity index (χ1v) is 8.05. The number of hydrogen-bond donors (Lipinski definition) is 2. The highest BCUT2D eigenvalue weighted by atomic mass is 32.2. The van der Waals surface area contributed by atoms with Crippen LogP contribution in [0.4, 0.5) is 10.1 Å². The third-order valence-electron chi connectivity index (χ3n) is 2.86. The highest BCUT2D eigenvalue weighted by Crippen LogP contribution is 2.31. The maximum absolute atomic E-state index is 13.2. The van der Waals surface area contributed by atoms with Gasteiger partial charge in [-0.2, -0.15) is 0 Å². The smallest absolute Gasteiger partial charge is 0.233 e. The Labute approximate surface area is 118 Å². The van der Waals surface area contributed by atoms with Crippen LogP contribution < -0.4 is 4.72 Å². The normalized spacial score (nSPS) is 14.5. The second-order valence-electron chi connectivity index (χ2n) is 4.79. The van der Waals surface area contributed by atoms with Crippen molar-refractivity contribution in [2.75, 3.05) is 17.1 Å². The maximum atomic E-state index is 13.2. The number of halogens is 1. The molecule has 6 heteroatoms. The van der Waals surface area contributed by atoms with E-state index in [0.29, 0.717) is 0 Å². The van der Waals surface area contributed by atoms with E-state index >= 15 is 0 Å². The van der Waals surface area contributed by atoms with E-state index in [4.69, 9.17) is 5.11 Å². The molecular formula is C14H16FNO3S. The van der Waals surface area contributed by atoms with Gasteiger partial charge in [-0.1, -0.05) is 11.8 Å². The summed E-state index contributed by atoms with van der Waals surface area (Å²) in [6, 6.07) is 3.73. The zero-order valence-corrected chi connectivity index (χ0v) is 11.7. The van der Waals surface area contributed by atoms with Gasteiger partial charge in [0.2, 0.25) is 10.0 Å². The van der Waals surface area contributed by atoms with Crippen molar-refractivity contribution in [3.8, 4) is 11.8 Å². The van der Waals surface area contributed by atoms with Crippen molar-refractivity contribution >= 4 is 15.7 Å². The predicted octanol–water partition coefficient (Wildman–Crippen LogP) is 1.71. The molecule has 2 N–H and O–H groups in total. The molecule has 0 unspecified atom stereocenters. The average Bonchev–Trinajstić information content (AvgIpc) is 3.16. The summed E-state index contributed by atoms with van der Waals surface area (Å²) < 4.78 is 39.5. The van der Waals surface area contributed by atoms with Gasteiger partial charge >= 0.3 is 0 Å². The fourth-order valence-corrected chi connectivity index (χ4v) is 3.28. The van der Waals surface area contributed by atoms with Gasteiger partial charge in [0.05, 0.1) is 23.6 Å². The van der Waals surface area contributed by atoms with Crippen molar-refractivity contribution in [3.05, 3.63) is 29.6 Å². The van der Waals surface area contributed by atoms with E-state index in [1.54, 1.807) is 0 Å². The third-order valence-corrected chi connectivity index (χ3v) is 4.30. The van der Waals surface area contributed by atoms with E-state index in [2.05, 4.69) is 16.6 Å². The number of benzene rings is 1. The molecule has 1 aliphatic rings. The van der Waals surface area contributed by atoms with Crippen LogP contribution in [0.3, 0.4) is 0 Å². The van der Waals surface area contributed by atoms with Crippen LogP contribution in [0.15, 0.2) is 18.2 Å². The van der Waals surface area contributed by atoms with Crippen molar-refractivity contribution in [1.29, 1.82) is 0 Å². The highest BCUT2D eigenvalue weighted by Gasteiger charge is 2.28. The van der Waals surface area contributed by atoms with E-state index in [1.807, 2.05) is 0 Å². The minimum absolute atomic E-state index is 0.0912. The van der Waals surface area contributed by atoms with Crippen molar-refractivity contribution in [1.82, 2.24) is 0 Å². The van der Waals surface area contributed by atoms with Crippen LogP contribution in [0.25, 0.3) is 0 Å². The average molecular weight is 297 g/mol. The Bertz CT molecular complexity index is 642. The van der Waals surface area contributed by atoms with Crippen LogP contribution in [0.5, 0.6) is 0 Å². The lowest BCUT2D eigenvalue weighted by Gasteiger charge is -2.09. The second kappa shape index (κ2) is 6.25. The van der Waals surface area contributed by atoms with E-state index in [0.717, 1.165) is 12.8 Å². The molecule has 0 amide bonds. The monoisotopic (exact) mass is 297 g/mol. The molecule has 1 aromatic rings. The first kappa shape index (κ1) is 14.8. The molecule has 1 aromatic carbocycles. The number of aliphatic hydroxyl groups excluding tert-OH is 1. The summed E-state index contributed by atoms with van der Waals surface area (Å²) in [5, 5.41) is 8.67. The molecule has 4 nitrogen and oxygen atoms in total. The summed E-state index contributed by atoms with van der Waals surface area (Å²) >= 11 is 0. The molecule has 108 valence electrons. The minimum Gasteiger partial charge on any atom is -0.395 e. The first-order chi connectivity index (χ1) is 9.50. The molecule has 0 aromatic heterocycles. The summed E-state index contributed by atoms with van der Waals surface area (Å²) in [7, 11) is -3.43. The number of nitrogens with one attached hydrogen (secondary N) is 1. The zero-order chi connectivity index (χ0) is 14.6. The Morgan fingerprint density at radius 3 is 2.80 bits per heavy atom. The lowest BCUT2D eigenvalue weighted by Crippen LogP contribution is -2.18. The van der Waals surface area contributed by atoms with Gasteiger partial charge in [-0.05, 0) is 37.0 Å². The molecule has 1 saturated carbocycles. The summed E-state index contributed by atoms with van der Waals surface area (Å²) in [6.45, 7) is -0.0922. The maximum Gasteiger partial charge on any atom is 0.233 e. The largest absolute Gasteiger partial charge is 0.395 e. The molecule has 20 heavy (non-hydrogen) atoms. The zero-order valence-electron chi connectivity index (χ0n) is 10.9. The van der Waals surface area contributed by atoms with Crippen molar-refractivity contribution < 1.29 is 17.9 Å². The van der Waals surface area contributed by atoms with Crippen molar-refractivity contribution in [2.24, 2.45) is 5.92 Å². The van der Waals surface area contributed by atoms with Gasteiger partial charge in [0.1, 0.15) is 5.82 Å². The van der Waals surface area contributed by atoms with Gasteiger partial charge in [-0.3, -0.25) is 4.72 Å². The molecule has 0 atom stereocenters. The Kier molecular flexibility index (Phi) is 4.63. The minimum atomic E-state index is -3.43. The predicted molar refractivity (Wildman–Crippen MR) is 75.1 cm³/mol. The van der Waals surface area contributed by atoms with Crippen LogP contribution in [-0.2, 0) is 10.0 Å². The Morgan fingerprint density at radius 2 is 2.15 bits per heavy atom. The van der Waals surface area contributed by atoms with Gasteiger partial charge in [-0.15, -0.1) is 0 Å². The van der Waals surface area contributed by atoms with Crippen LogP contribution >= 0.6 is 0 Å². The van der Waals surface area contributed by atoms with E-state index in [1.165, 1.54) is 18.2 Å². The molecule has 1 aliphatic carbocycles. The fraction of sp³-hybridized carbons (Fsp3) is 0.429. The molecule has 0 heterocycles. The molecule has 0 radical (unpaired) electrons. The lowest BCUT2D eigenvalue weighted by atomic mass is 10.2. The van der Waals surface area contributed by atoms with Crippen LogP contribution in [0.1, 0.15) is 24.8 Å². The van der Waals surface area contributed by atoms with E-state index in [9.17, 15) is 12.8 Å². The Balaban J connectivity index is 2.20. The van der Waals surface area contributed by atoms with Gasteiger partial charge < -0.3 is 5.11 Å². The standard InChI is InChI=1S/C14H16FNO3S/c15-13-6-7-14(12(9-13)3-1-2-8-17)16-20(18,19)10-11-4-5-11/h6-7,9,11,16-17H,2,4-5,8,10H2. The molecule has 0 bridgehead atoms. The summed E-state index contributed by atoms with van der Waals surface area (Å²) in [5.41, 5.74) is 0.551. The van der Waals surface area contributed by atoms with Gasteiger partial charge in [0.15, 0.2) is 0 Å². The van der Waals surface area contributed by atoms with E-state index in [-0.39, 0.29) is 35.9 Å². The van der Waals surface area contributed by atoms with Crippen molar-refractivity contribution in [2.45, 2.75) is 19.3 Å². The van der Waals surface area contributed by atoms with Crippen LogP contribution in [0.2, 0.25) is 0 Å². The number of aliphatic hydroxyl groups is 1. The first-order valence-electron chi connectivity index (χ1n) is 6.40. The molecule has 0 aliphatic heterocycles. The summed E-state index contributed by atoms with van der Waals surface area (Å²) in [4.78, 5) is 0. The van der Waals surface area contributed by atoms with Crippen LogP contribution in [-0.4, -0.2) is 25.9 Å². The molecule has 1 fully saturated rings. The summed E-state index contributed by atoms with van der Waals surface area (Å²) in [6.07, 6.45) is 2.13. The molecule has 0 spiro atoms. The summed E-state index contributed by atoms with van der Waals surface area (Å²) in [5.74, 6) is 5.17. The third kappa shape index (κ3) is 4.51. The SMILES string of the molecule is O=S(=O)(CC1CC1)Nc1ccc(F)cc1C#CCCO. The number of anilines is 1. The second-order valence-corrected chi connectivity index (χ2v) is 6.56. The van der Waals surface area contributed by atoms with Crippen molar-refractivity contribution in [3.63, 3.8) is 0 Å². The fourth-order valence-electron chi connectivity index (χ4n) is 1.73. The topological polar surface area (TPSA) is 66.4 Å². The quantitative estimate of drug-likeness (QED) is 0.813. The van der Waals surface area contributed by atoms with Gasteiger partial charge in [0, 0.05) is 6.42 Å². The van der Waals surface area contributed by atoms with Gasteiger partial charge in [-0.25, -0.2) is 12.8 Å². The number of hydrogen-bond acceptors (Lipinski definition) is 3.